The Labute approximate surface area is 301 Å². The first-order valence-electron chi connectivity index (χ1n) is 15.0. The number of hydrogen-bond acceptors (Lipinski definition) is 10. The van der Waals surface area contributed by atoms with Gasteiger partial charge in [-0.1, -0.05) is 0 Å². The number of fused-ring (bicyclic) bond motifs is 4. The van der Waals surface area contributed by atoms with E-state index >= 15 is 0 Å². The second-order valence-corrected chi connectivity index (χ2v) is 24.2. The van der Waals surface area contributed by atoms with Crippen molar-refractivity contribution in [3.63, 3.8) is 0 Å². The summed E-state index contributed by atoms with van der Waals surface area (Å²) in [6.45, 7) is 13.4. The molecule has 4 aliphatic rings. The molecule has 0 amide bonds. The van der Waals surface area contributed by atoms with E-state index in [0.29, 0.717) is 52.9 Å². The van der Waals surface area contributed by atoms with E-state index in [2.05, 4.69) is 40.2 Å². The van der Waals surface area contributed by atoms with Gasteiger partial charge in [0.2, 0.25) is 0 Å². The molecule has 0 unspecified atom stereocenters. The average Bonchev–Trinajstić information content (AvgIpc) is 3.75. The third kappa shape index (κ3) is 5.57. The molecule has 0 radical (unpaired) electrons. The van der Waals surface area contributed by atoms with Crippen LogP contribution in [0.15, 0.2) is 7.54 Å². The second kappa shape index (κ2) is 12.5. The number of rotatable bonds is 5. The Morgan fingerprint density at radius 3 is 1.04 bits per heavy atom. The quantitative estimate of drug-likeness (QED) is 0.190. The summed E-state index contributed by atoms with van der Waals surface area (Å²) >= 11 is 3.49. The maximum atomic E-state index is 6.75. The van der Waals surface area contributed by atoms with Gasteiger partial charge in [0.15, 0.2) is 0 Å². The van der Waals surface area contributed by atoms with E-state index in [9.17, 15) is 0 Å². The van der Waals surface area contributed by atoms with Crippen LogP contribution in [0.25, 0.3) is 26.6 Å². The van der Waals surface area contributed by atoms with Gasteiger partial charge in [-0.2, -0.15) is 0 Å². The monoisotopic (exact) mass is 930 g/mol. The predicted octanol–water partition coefficient (Wildman–Crippen LogP) is 5.50. The van der Waals surface area contributed by atoms with Crippen molar-refractivity contribution >= 4 is 81.5 Å². The summed E-state index contributed by atoms with van der Waals surface area (Å²) < 4.78 is 61.8. The average molecular weight is 927 g/mol. The maximum absolute atomic E-state index is 6.75. The molecular weight excluding hydrogens is 892 g/mol. The zero-order valence-corrected chi connectivity index (χ0v) is 34.9. The van der Waals surface area contributed by atoms with Crippen LogP contribution < -0.4 is 37.9 Å². The van der Waals surface area contributed by atoms with Crippen molar-refractivity contribution < 1.29 is 37.9 Å². The summed E-state index contributed by atoms with van der Waals surface area (Å²) in [6, 6.07) is 0. The van der Waals surface area contributed by atoms with Crippen LogP contribution in [0.1, 0.15) is 27.7 Å². The molecule has 0 fully saturated rings. The second-order valence-electron chi connectivity index (χ2n) is 12.9. The molecule has 4 aromatic rings. The van der Waals surface area contributed by atoms with Crippen molar-refractivity contribution in [2.75, 3.05) is 65.4 Å². The van der Waals surface area contributed by atoms with Gasteiger partial charge in [0.25, 0.3) is 0 Å². The molecule has 246 valence electrons. The Bertz CT molecular complexity index is 1820. The molecule has 4 aliphatic heterocycles. The third-order valence-electron chi connectivity index (χ3n) is 7.80. The molecule has 0 saturated carbocycles. The van der Waals surface area contributed by atoms with Crippen LogP contribution in [0.3, 0.4) is 0 Å². The fourth-order valence-corrected chi connectivity index (χ4v) is 19.0. The number of thioether (sulfide) groups is 2. The van der Waals surface area contributed by atoms with Gasteiger partial charge in [-0.15, -0.1) is 0 Å². The van der Waals surface area contributed by atoms with Gasteiger partial charge >= 0.3 is 303 Å². The van der Waals surface area contributed by atoms with Crippen LogP contribution in [0.4, 0.5) is 0 Å². The van der Waals surface area contributed by atoms with E-state index in [-0.39, 0.29) is 68.8 Å². The van der Waals surface area contributed by atoms with Crippen molar-refractivity contribution in [2.45, 2.75) is 35.2 Å². The zero-order valence-electron chi connectivity index (χ0n) is 26.4. The Hall–Kier alpha value is -0.902. The van der Waals surface area contributed by atoms with Crippen LogP contribution in [0, 0.1) is 10.8 Å². The fourth-order valence-electron chi connectivity index (χ4n) is 5.49. The van der Waals surface area contributed by atoms with Gasteiger partial charge in [0.05, 0.1) is 0 Å². The first-order valence-corrected chi connectivity index (χ1v) is 24.3. The summed E-state index contributed by atoms with van der Waals surface area (Å²) in [5.74, 6) is 7.12. The molecule has 0 N–H and O–H groups in total. The van der Waals surface area contributed by atoms with Gasteiger partial charge in [-0.05, 0) is 0 Å². The molecule has 0 bridgehead atoms. The van der Waals surface area contributed by atoms with Gasteiger partial charge in [-0.3, -0.25) is 0 Å². The van der Waals surface area contributed by atoms with Crippen molar-refractivity contribution in [1.82, 2.24) is 0 Å². The third-order valence-corrected chi connectivity index (χ3v) is 22.9. The summed E-state index contributed by atoms with van der Waals surface area (Å²) in [5, 5.41) is 0. The van der Waals surface area contributed by atoms with Gasteiger partial charge in [0.1, 0.15) is 0 Å². The van der Waals surface area contributed by atoms with Crippen molar-refractivity contribution in [3.05, 3.63) is 0 Å². The molecule has 0 aromatic carbocycles. The van der Waals surface area contributed by atoms with Gasteiger partial charge in [0, 0.05) is 0 Å². The van der Waals surface area contributed by atoms with Crippen LogP contribution in [0.2, 0.25) is 0 Å². The normalized spacial score (nSPS) is 19.0. The van der Waals surface area contributed by atoms with E-state index in [4.69, 9.17) is 37.9 Å². The van der Waals surface area contributed by atoms with Crippen LogP contribution in [0.5, 0.6) is 46.0 Å². The Morgan fingerprint density at radius 2 is 0.652 bits per heavy atom. The van der Waals surface area contributed by atoms with Gasteiger partial charge in [-0.25, -0.2) is 0 Å². The van der Waals surface area contributed by atoms with Crippen LogP contribution in [-0.2, 0) is 0 Å². The molecule has 8 nitrogen and oxygen atoms in total. The molecule has 0 atom stereocenters. The zero-order chi connectivity index (χ0) is 31.8. The van der Waals surface area contributed by atoms with Crippen molar-refractivity contribution in [1.29, 1.82) is 0 Å². The number of ether oxygens (including phenoxy) is 8. The van der Waals surface area contributed by atoms with E-state index < -0.39 is 0 Å². The van der Waals surface area contributed by atoms with Crippen molar-refractivity contribution in [2.24, 2.45) is 10.8 Å². The van der Waals surface area contributed by atoms with Crippen LogP contribution in [-0.4, -0.2) is 123 Å². The molecule has 8 rings (SSSR count). The van der Waals surface area contributed by atoms with E-state index in [0.717, 1.165) is 46.0 Å². The minimum absolute atomic E-state index is 0.0592. The van der Waals surface area contributed by atoms with Gasteiger partial charge < -0.3 is 0 Å². The van der Waals surface area contributed by atoms with Crippen molar-refractivity contribution in [3.8, 4) is 72.6 Å². The van der Waals surface area contributed by atoms with E-state index in [1.165, 1.54) is 34.2 Å². The molecule has 14 heteroatoms. The molecule has 0 spiro atoms. The molecule has 0 saturated heterocycles. The SMILES string of the molecule is CSc1[se]c(-c2[se]c(-c3[se]c(-c4[se]c(SC)c5c4OCCO5)c4c3OCC(C)(C)CO4)c3c2OCCO3)c2c1OCC(C)(C)CO2. The Kier molecular flexibility index (Phi) is 8.75. The van der Waals surface area contributed by atoms with Crippen LogP contribution >= 0.6 is 23.5 Å². The fraction of sp³-hybridized carbons (Fsp3) is 0.500. The first-order chi connectivity index (χ1) is 22.2. The molecule has 4 aromatic heterocycles. The minimum atomic E-state index is -0.123. The first kappa shape index (κ1) is 32.3. The summed E-state index contributed by atoms with van der Waals surface area (Å²) in [7, 11) is 0. The standard InChI is InChI=1S/C32H34O8S2Se4/c1-31(2)11-37-17-18(38-12-31)26(27-19-21(29(41-5)45-27)36-10-9-35-19)44-25(17)23-15-16(34-8-7-33-15)24(43-23)28-20-22(30(42-6)46-28)40-14-32(3,4)13-39-20/h7-14H2,1-6H3. The Balaban J connectivity index is 1.32. The van der Waals surface area contributed by atoms with E-state index in [1.54, 1.807) is 23.5 Å². The number of hydrogen-bond donors (Lipinski definition) is 0. The predicted molar refractivity (Wildman–Crippen MR) is 186 cm³/mol. The van der Waals surface area contributed by atoms with E-state index in [1.807, 2.05) is 0 Å². The Morgan fingerprint density at radius 1 is 0.391 bits per heavy atom. The molecule has 46 heavy (non-hydrogen) atoms. The molecule has 0 aliphatic carbocycles. The molecule has 8 heterocycles. The summed E-state index contributed by atoms with van der Waals surface area (Å²) in [5.41, 5.74) is -0.192. The summed E-state index contributed by atoms with van der Waals surface area (Å²) in [6.07, 6.45) is 4.26. The summed E-state index contributed by atoms with van der Waals surface area (Å²) in [4.78, 5) is 0. The molecular formula is C32H34O8S2Se4. The topological polar surface area (TPSA) is 73.8 Å².